The van der Waals surface area contributed by atoms with Crippen LogP contribution in [-0.2, 0) is 0 Å². The SMILES string of the molecule is C1=C2CCCCC2CC12SCCS2. The average Bonchev–Trinajstić information content (AvgIpc) is 2.72. The standard InChI is InChI=1S/C11H16S2/c1-2-4-10-8-11(7-9(10)3-1)12-5-6-13-11/h7,10H,1-6,8H2. The minimum atomic E-state index is 0.546. The number of hydrogen-bond acceptors (Lipinski definition) is 2. The second-order valence-electron chi connectivity index (χ2n) is 4.37. The summed E-state index contributed by atoms with van der Waals surface area (Å²) in [7, 11) is 0. The molecule has 0 N–H and O–H groups in total. The lowest BCUT2D eigenvalue weighted by molar-refractivity contribution is 0.454. The molecule has 2 aliphatic carbocycles. The lowest BCUT2D eigenvalue weighted by Gasteiger charge is -2.23. The molecule has 1 saturated heterocycles. The van der Waals surface area contributed by atoms with E-state index in [2.05, 4.69) is 29.6 Å². The highest BCUT2D eigenvalue weighted by atomic mass is 32.2. The van der Waals surface area contributed by atoms with E-state index >= 15 is 0 Å². The van der Waals surface area contributed by atoms with Crippen molar-refractivity contribution in [2.75, 3.05) is 11.5 Å². The van der Waals surface area contributed by atoms with Crippen LogP contribution in [0.1, 0.15) is 32.1 Å². The molecule has 3 aliphatic rings. The van der Waals surface area contributed by atoms with Crippen LogP contribution in [0.25, 0.3) is 0 Å². The third-order valence-corrected chi connectivity index (χ3v) is 6.83. The smallest absolute Gasteiger partial charge is 0.0800 e. The molecule has 0 aromatic carbocycles. The topological polar surface area (TPSA) is 0 Å². The molecule has 2 fully saturated rings. The summed E-state index contributed by atoms with van der Waals surface area (Å²) in [6, 6.07) is 0. The van der Waals surface area contributed by atoms with Crippen LogP contribution >= 0.6 is 23.5 Å². The maximum Gasteiger partial charge on any atom is 0.0800 e. The molecular formula is C11H16S2. The first kappa shape index (κ1) is 8.72. The van der Waals surface area contributed by atoms with Crippen molar-refractivity contribution in [2.45, 2.75) is 36.2 Å². The van der Waals surface area contributed by atoms with Gasteiger partial charge in [0.2, 0.25) is 0 Å². The van der Waals surface area contributed by atoms with Crippen molar-refractivity contribution in [1.82, 2.24) is 0 Å². The monoisotopic (exact) mass is 212 g/mol. The average molecular weight is 212 g/mol. The molecule has 1 aliphatic heterocycles. The third kappa shape index (κ3) is 1.46. The number of hydrogen-bond donors (Lipinski definition) is 0. The molecule has 0 amide bonds. The zero-order chi connectivity index (χ0) is 8.73. The molecule has 13 heavy (non-hydrogen) atoms. The van der Waals surface area contributed by atoms with Gasteiger partial charge in [0.15, 0.2) is 0 Å². The first-order valence-electron chi connectivity index (χ1n) is 5.38. The fraction of sp³-hybridized carbons (Fsp3) is 0.818. The van der Waals surface area contributed by atoms with Crippen LogP contribution in [-0.4, -0.2) is 15.6 Å². The molecule has 1 atom stereocenters. The molecule has 1 spiro atoms. The number of fused-ring (bicyclic) bond motifs is 1. The number of rotatable bonds is 0. The third-order valence-electron chi connectivity index (χ3n) is 3.50. The maximum atomic E-state index is 2.64. The predicted molar refractivity (Wildman–Crippen MR) is 62.3 cm³/mol. The number of thioether (sulfide) groups is 2. The first-order valence-corrected chi connectivity index (χ1v) is 7.35. The van der Waals surface area contributed by atoms with Gasteiger partial charge in [-0.2, -0.15) is 0 Å². The van der Waals surface area contributed by atoms with E-state index in [1.54, 1.807) is 0 Å². The van der Waals surface area contributed by atoms with E-state index in [1.807, 2.05) is 5.57 Å². The van der Waals surface area contributed by atoms with Crippen molar-refractivity contribution >= 4 is 23.5 Å². The van der Waals surface area contributed by atoms with E-state index in [9.17, 15) is 0 Å². The fourth-order valence-electron chi connectivity index (χ4n) is 2.89. The molecule has 2 heteroatoms. The van der Waals surface area contributed by atoms with E-state index in [-0.39, 0.29) is 0 Å². The van der Waals surface area contributed by atoms with E-state index in [0.717, 1.165) is 5.92 Å². The summed E-state index contributed by atoms with van der Waals surface area (Å²) >= 11 is 4.41. The maximum absolute atomic E-state index is 2.64. The van der Waals surface area contributed by atoms with Crippen LogP contribution in [0.15, 0.2) is 11.6 Å². The second-order valence-corrected chi connectivity index (χ2v) is 7.48. The molecule has 1 saturated carbocycles. The Kier molecular flexibility index (Phi) is 2.17. The van der Waals surface area contributed by atoms with Gasteiger partial charge >= 0.3 is 0 Å². The van der Waals surface area contributed by atoms with Gasteiger partial charge in [0.05, 0.1) is 4.08 Å². The summed E-state index contributed by atoms with van der Waals surface area (Å²) in [4.78, 5) is 0. The van der Waals surface area contributed by atoms with Crippen LogP contribution in [0.3, 0.4) is 0 Å². The van der Waals surface area contributed by atoms with Crippen LogP contribution in [0.2, 0.25) is 0 Å². The van der Waals surface area contributed by atoms with Gasteiger partial charge in [-0.25, -0.2) is 0 Å². The van der Waals surface area contributed by atoms with Gasteiger partial charge in [0.1, 0.15) is 0 Å². The highest BCUT2D eigenvalue weighted by Gasteiger charge is 2.42. The molecule has 0 aromatic heterocycles. The van der Waals surface area contributed by atoms with Crippen molar-refractivity contribution in [3.8, 4) is 0 Å². The Labute approximate surface area is 88.9 Å². The Bertz CT molecular complexity index is 238. The molecule has 0 bridgehead atoms. The Morgan fingerprint density at radius 3 is 2.85 bits per heavy atom. The lowest BCUT2D eigenvalue weighted by atomic mass is 9.86. The van der Waals surface area contributed by atoms with Gasteiger partial charge in [0, 0.05) is 11.5 Å². The molecule has 1 unspecified atom stereocenters. The van der Waals surface area contributed by atoms with Gasteiger partial charge in [-0.15, -0.1) is 23.5 Å². The van der Waals surface area contributed by atoms with Gasteiger partial charge in [-0.1, -0.05) is 18.1 Å². The summed E-state index contributed by atoms with van der Waals surface area (Å²) in [6.45, 7) is 0. The largest absolute Gasteiger partial charge is 0.139 e. The molecule has 0 nitrogen and oxygen atoms in total. The van der Waals surface area contributed by atoms with Crippen LogP contribution in [0.5, 0.6) is 0 Å². The van der Waals surface area contributed by atoms with Gasteiger partial charge < -0.3 is 0 Å². The van der Waals surface area contributed by atoms with Crippen molar-refractivity contribution < 1.29 is 0 Å². The zero-order valence-corrected chi connectivity index (χ0v) is 9.55. The van der Waals surface area contributed by atoms with Gasteiger partial charge in [-0.3, -0.25) is 0 Å². The van der Waals surface area contributed by atoms with Gasteiger partial charge in [-0.05, 0) is 31.6 Å². The summed E-state index contributed by atoms with van der Waals surface area (Å²) in [5.74, 6) is 3.73. The lowest BCUT2D eigenvalue weighted by Crippen LogP contribution is -2.12. The summed E-state index contributed by atoms with van der Waals surface area (Å²) in [5, 5.41) is 0. The van der Waals surface area contributed by atoms with E-state index in [4.69, 9.17) is 0 Å². The Morgan fingerprint density at radius 1 is 1.23 bits per heavy atom. The molecule has 1 heterocycles. The number of allylic oxidation sites excluding steroid dienone is 1. The van der Waals surface area contributed by atoms with E-state index in [1.165, 1.54) is 43.6 Å². The highest BCUT2D eigenvalue weighted by Crippen LogP contribution is 2.56. The Hall–Kier alpha value is 0.440. The van der Waals surface area contributed by atoms with Crippen molar-refractivity contribution in [3.63, 3.8) is 0 Å². The molecule has 72 valence electrons. The molecule has 3 rings (SSSR count). The van der Waals surface area contributed by atoms with Crippen molar-refractivity contribution in [3.05, 3.63) is 11.6 Å². The fourth-order valence-corrected chi connectivity index (χ4v) is 6.19. The summed E-state index contributed by atoms with van der Waals surface area (Å²) in [5.41, 5.74) is 1.81. The van der Waals surface area contributed by atoms with Crippen LogP contribution in [0, 0.1) is 5.92 Å². The summed E-state index contributed by atoms with van der Waals surface area (Å²) < 4.78 is 0.546. The molecule has 0 radical (unpaired) electrons. The quantitative estimate of drug-likeness (QED) is 0.562. The highest BCUT2D eigenvalue weighted by molar-refractivity contribution is 8.21. The zero-order valence-electron chi connectivity index (χ0n) is 7.92. The van der Waals surface area contributed by atoms with Crippen LogP contribution in [0.4, 0.5) is 0 Å². The molecular weight excluding hydrogens is 196 g/mol. The van der Waals surface area contributed by atoms with Gasteiger partial charge in [0.25, 0.3) is 0 Å². The van der Waals surface area contributed by atoms with Crippen molar-refractivity contribution in [2.24, 2.45) is 5.92 Å². The Balaban J connectivity index is 1.84. The first-order chi connectivity index (χ1) is 6.38. The second kappa shape index (κ2) is 3.23. The van der Waals surface area contributed by atoms with E-state index < -0.39 is 0 Å². The summed E-state index contributed by atoms with van der Waals surface area (Å²) in [6.07, 6.45) is 9.92. The predicted octanol–water partition coefficient (Wildman–Crippen LogP) is 3.68. The minimum Gasteiger partial charge on any atom is -0.139 e. The Morgan fingerprint density at radius 2 is 2.08 bits per heavy atom. The van der Waals surface area contributed by atoms with Crippen LogP contribution < -0.4 is 0 Å². The molecule has 0 aromatic rings. The minimum absolute atomic E-state index is 0.546. The normalized spacial score (nSPS) is 36.3. The van der Waals surface area contributed by atoms with Crippen molar-refractivity contribution in [1.29, 1.82) is 0 Å². The van der Waals surface area contributed by atoms with E-state index in [0.29, 0.717) is 4.08 Å².